The smallest absolute Gasteiger partial charge is 0.0125 e. The first-order chi connectivity index (χ1) is 6.52. The number of likely N-dealkylation sites (tertiary alicyclic amines) is 1. The molecule has 0 aromatic carbocycles. The lowest BCUT2D eigenvalue weighted by Gasteiger charge is -2.45. The number of nitrogens with zero attached hydrogens (tertiary/aromatic N) is 1. The predicted molar refractivity (Wildman–Crippen MR) is 60.5 cm³/mol. The van der Waals surface area contributed by atoms with E-state index in [2.05, 4.69) is 31.0 Å². The quantitative estimate of drug-likeness (QED) is 0.636. The average Bonchev–Trinajstić information content (AvgIpc) is 2.53. The van der Waals surface area contributed by atoms with E-state index >= 15 is 0 Å². The van der Waals surface area contributed by atoms with Crippen molar-refractivity contribution in [2.24, 2.45) is 5.41 Å². The zero-order chi connectivity index (χ0) is 10.2. The number of hydrogen-bond donors (Lipinski definition) is 1. The minimum atomic E-state index is 0.369. The van der Waals surface area contributed by atoms with Crippen LogP contribution in [0, 0.1) is 5.41 Å². The van der Waals surface area contributed by atoms with Gasteiger partial charge in [0.25, 0.3) is 0 Å². The third-order valence-electron chi connectivity index (χ3n) is 4.10. The molecule has 0 amide bonds. The first kappa shape index (κ1) is 10.4. The maximum atomic E-state index is 3.52. The summed E-state index contributed by atoms with van der Waals surface area (Å²) in [6.07, 6.45) is 4.21. The van der Waals surface area contributed by atoms with Crippen molar-refractivity contribution in [3.8, 4) is 0 Å². The molecular formula is C12H24N2. The van der Waals surface area contributed by atoms with Gasteiger partial charge in [-0.05, 0) is 65.1 Å². The lowest BCUT2D eigenvalue weighted by atomic mass is 9.77. The third-order valence-corrected chi connectivity index (χ3v) is 4.10. The van der Waals surface area contributed by atoms with Gasteiger partial charge in [0.1, 0.15) is 0 Å². The molecule has 2 aliphatic rings. The largest absolute Gasteiger partial charge is 0.316 e. The Bertz CT molecular complexity index is 189. The van der Waals surface area contributed by atoms with Crippen molar-refractivity contribution in [3.63, 3.8) is 0 Å². The molecule has 1 spiro atoms. The summed E-state index contributed by atoms with van der Waals surface area (Å²) >= 11 is 0. The summed E-state index contributed by atoms with van der Waals surface area (Å²) in [5, 5.41) is 3.52. The van der Waals surface area contributed by atoms with E-state index in [1.54, 1.807) is 0 Å². The topological polar surface area (TPSA) is 15.3 Å². The fourth-order valence-corrected chi connectivity index (χ4v) is 2.87. The molecule has 2 fully saturated rings. The Labute approximate surface area is 88.1 Å². The van der Waals surface area contributed by atoms with Crippen LogP contribution in [0.15, 0.2) is 0 Å². The molecule has 0 aliphatic carbocycles. The van der Waals surface area contributed by atoms with E-state index < -0.39 is 0 Å². The monoisotopic (exact) mass is 196 g/mol. The van der Waals surface area contributed by atoms with Gasteiger partial charge >= 0.3 is 0 Å². The molecule has 14 heavy (non-hydrogen) atoms. The van der Waals surface area contributed by atoms with Gasteiger partial charge in [0, 0.05) is 12.1 Å². The first-order valence-electron chi connectivity index (χ1n) is 5.98. The van der Waals surface area contributed by atoms with E-state index in [1.165, 1.54) is 45.4 Å². The molecule has 2 heteroatoms. The van der Waals surface area contributed by atoms with Crippen LogP contribution in [-0.2, 0) is 0 Å². The van der Waals surface area contributed by atoms with Crippen LogP contribution in [0.25, 0.3) is 0 Å². The molecule has 2 aliphatic heterocycles. The van der Waals surface area contributed by atoms with Gasteiger partial charge in [0.05, 0.1) is 0 Å². The molecule has 0 bridgehead atoms. The minimum Gasteiger partial charge on any atom is -0.316 e. The fraction of sp³-hybridized carbons (Fsp3) is 1.00. The molecule has 2 nitrogen and oxygen atoms in total. The summed E-state index contributed by atoms with van der Waals surface area (Å²) in [4.78, 5) is 2.64. The van der Waals surface area contributed by atoms with E-state index in [4.69, 9.17) is 0 Å². The molecule has 0 aromatic rings. The molecule has 0 unspecified atom stereocenters. The van der Waals surface area contributed by atoms with E-state index in [0.29, 0.717) is 11.0 Å². The van der Waals surface area contributed by atoms with Crippen molar-refractivity contribution in [2.75, 3.05) is 26.2 Å². The van der Waals surface area contributed by atoms with Crippen LogP contribution in [-0.4, -0.2) is 36.6 Å². The summed E-state index contributed by atoms with van der Waals surface area (Å²) in [5.41, 5.74) is 1.04. The standard InChI is InChI=1S/C12H24N2/c1-11(2,3)14-8-5-12(6-9-14)4-7-13-10-12/h13H,4-10H2,1-3H3. The summed E-state index contributed by atoms with van der Waals surface area (Å²) < 4.78 is 0. The molecule has 0 saturated carbocycles. The Hall–Kier alpha value is -0.0800. The van der Waals surface area contributed by atoms with Crippen molar-refractivity contribution in [1.82, 2.24) is 10.2 Å². The van der Waals surface area contributed by atoms with Crippen molar-refractivity contribution in [1.29, 1.82) is 0 Å². The van der Waals surface area contributed by atoms with Gasteiger partial charge in [-0.3, -0.25) is 4.90 Å². The number of piperidine rings is 1. The van der Waals surface area contributed by atoms with Crippen LogP contribution in [0.3, 0.4) is 0 Å². The van der Waals surface area contributed by atoms with Gasteiger partial charge in [-0.25, -0.2) is 0 Å². The van der Waals surface area contributed by atoms with Gasteiger partial charge in [0.15, 0.2) is 0 Å². The Kier molecular flexibility index (Phi) is 2.61. The SMILES string of the molecule is CC(C)(C)N1CCC2(CCNC2)CC1. The third kappa shape index (κ3) is 1.96. The van der Waals surface area contributed by atoms with Crippen molar-refractivity contribution in [2.45, 2.75) is 45.6 Å². The maximum absolute atomic E-state index is 3.52. The lowest BCUT2D eigenvalue weighted by Crippen LogP contribution is -2.49. The maximum Gasteiger partial charge on any atom is 0.0125 e. The summed E-state index contributed by atoms with van der Waals surface area (Å²) in [6.45, 7) is 12.1. The summed E-state index contributed by atoms with van der Waals surface area (Å²) in [6, 6.07) is 0. The van der Waals surface area contributed by atoms with Crippen molar-refractivity contribution in [3.05, 3.63) is 0 Å². The Balaban J connectivity index is 1.92. The molecule has 0 aromatic heterocycles. The number of hydrogen-bond acceptors (Lipinski definition) is 2. The Morgan fingerprint density at radius 1 is 1.07 bits per heavy atom. The molecule has 2 saturated heterocycles. The highest BCUT2D eigenvalue weighted by Crippen LogP contribution is 2.38. The van der Waals surface area contributed by atoms with Crippen LogP contribution < -0.4 is 5.32 Å². The van der Waals surface area contributed by atoms with Crippen molar-refractivity contribution >= 4 is 0 Å². The summed E-state index contributed by atoms with van der Waals surface area (Å²) in [7, 11) is 0. The normalized spacial score (nSPS) is 28.5. The van der Waals surface area contributed by atoms with Gasteiger partial charge in [0.2, 0.25) is 0 Å². The van der Waals surface area contributed by atoms with Gasteiger partial charge in [-0.1, -0.05) is 0 Å². The van der Waals surface area contributed by atoms with E-state index in [1.807, 2.05) is 0 Å². The Morgan fingerprint density at radius 3 is 2.14 bits per heavy atom. The van der Waals surface area contributed by atoms with Gasteiger partial charge in [-0.2, -0.15) is 0 Å². The molecule has 82 valence electrons. The van der Waals surface area contributed by atoms with Crippen LogP contribution in [0.2, 0.25) is 0 Å². The van der Waals surface area contributed by atoms with Crippen LogP contribution >= 0.6 is 0 Å². The minimum absolute atomic E-state index is 0.369. The van der Waals surface area contributed by atoms with E-state index in [9.17, 15) is 0 Å². The highest BCUT2D eigenvalue weighted by atomic mass is 15.2. The van der Waals surface area contributed by atoms with Crippen molar-refractivity contribution < 1.29 is 0 Å². The zero-order valence-corrected chi connectivity index (χ0v) is 9.90. The second-order valence-electron chi connectivity index (χ2n) is 6.08. The average molecular weight is 196 g/mol. The molecular weight excluding hydrogens is 172 g/mol. The molecule has 0 atom stereocenters. The molecule has 1 N–H and O–H groups in total. The van der Waals surface area contributed by atoms with Crippen LogP contribution in [0.5, 0.6) is 0 Å². The van der Waals surface area contributed by atoms with Crippen LogP contribution in [0.4, 0.5) is 0 Å². The van der Waals surface area contributed by atoms with E-state index in [0.717, 1.165) is 0 Å². The first-order valence-corrected chi connectivity index (χ1v) is 5.98. The molecule has 2 rings (SSSR count). The number of nitrogens with one attached hydrogen (secondary N) is 1. The number of rotatable bonds is 0. The highest BCUT2D eigenvalue weighted by molar-refractivity contribution is 4.94. The van der Waals surface area contributed by atoms with E-state index in [-0.39, 0.29) is 0 Å². The van der Waals surface area contributed by atoms with Gasteiger partial charge in [-0.15, -0.1) is 0 Å². The molecule has 2 heterocycles. The Morgan fingerprint density at radius 2 is 1.71 bits per heavy atom. The molecule has 0 radical (unpaired) electrons. The predicted octanol–water partition coefficient (Wildman–Crippen LogP) is 1.86. The highest BCUT2D eigenvalue weighted by Gasteiger charge is 2.38. The second kappa shape index (κ2) is 3.49. The van der Waals surface area contributed by atoms with Crippen LogP contribution in [0.1, 0.15) is 40.0 Å². The summed E-state index contributed by atoms with van der Waals surface area (Å²) in [5.74, 6) is 0. The second-order valence-corrected chi connectivity index (χ2v) is 6.08. The van der Waals surface area contributed by atoms with Gasteiger partial charge < -0.3 is 5.32 Å². The lowest BCUT2D eigenvalue weighted by molar-refractivity contribution is 0.0516. The zero-order valence-electron chi connectivity index (χ0n) is 9.90. The fourth-order valence-electron chi connectivity index (χ4n) is 2.87.